The highest BCUT2D eigenvalue weighted by molar-refractivity contribution is 7.12. The normalized spacial score (nSPS) is 20.2. The zero-order valence-corrected chi connectivity index (χ0v) is 19.3. The molecule has 0 unspecified atom stereocenters. The minimum atomic E-state index is -1.58. The molecule has 1 amide bonds. The molecule has 0 bridgehead atoms. The van der Waals surface area contributed by atoms with E-state index < -0.39 is 17.4 Å². The molecule has 4 aromatic rings. The predicted octanol–water partition coefficient (Wildman–Crippen LogP) is 5.41. The lowest BCUT2D eigenvalue weighted by molar-refractivity contribution is -0.140. The number of ether oxygens (including phenoxy) is 1. The summed E-state index contributed by atoms with van der Waals surface area (Å²) >= 11 is 1.33. The van der Waals surface area contributed by atoms with Crippen LogP contribution in [-0.4, -0.2) is 17.4 Å². The van der Waals surface area contributed by atoms with Gasteiger partial charge in [-0.2, -0.15) is 0 Å². The lowest BCUT2D eigenvalue weighted by Gasteiger charge is -2.26. The Morgan fingerprint density at radius 1 is 0.971 bits per heavy atom. The SMILES string of the molecule is O=C(c1cccs1)[C@@H]1C(c2ccccc2OCc2ccccc2)=NO[C@]12C(=O)Nc1ccccc12. The van der Waals surface area contributed by atoms with Gasteiger partial charge in [-0.05, 0) is 35.2 Å². The number of fused-ring (bicyclic) bond motifs is 2. The molecule has 172 valence electrons. The number of nitrogens with one attached hydrogen (secondary N) is 1. The first-order valence-electron chi connectivity index (χ1n) is 11.2. The smallest absolute Gasteiger partial charge is 0.277 e. The van der Waals surface area contributed by atoms with Crippen molar-refractivity contribution in [3.63, 3.8) is 0 Å². The Morgan fingerprint density at radius 2 is 1.74 bits per heavy atom. The maximum absolute atomic E-state index is 13.9. The number of hydrogen-bond acceptors (Lipinski definition) is 6. The van der Waals surface area contributed by atoms with E-state index in [4.69, 9.17) is 9.57 Å². The maximum Gasteiger partial charge on any atom is 0.277 e. The van der Waals surface area contributed by atoms with Gasteiger partial charge in [0.1, 0.15) is 24.0 Å². The minimum absolute atomic E-state index is 0.221. The summed E-state index contributed by atoms with van der Waals surface area (Å²) < 4.78 is 6.16. The molecule has 6 rings (SSSR count). The highest BCUT2D eigenvalue weighted by atomic mass is 32.1. The summed E-state index contributed by atoms with van der Waals surface area (Å²) in [5, 5.41) is 9.09. The molecule has 3 heterocycles. The topological polar surface area (TPSA) is 77.0 Å². The van der Waals surface area contributed by atoms with E-state index in [0.717, 1.165) is 5.56 Å². The molecule has 0 radical (unpaired) electrons. The number of rotatable bonds is 6. The summed E-state index contributed by atoms with van der Waals surface area (Å²) in [5.74, 6) is -1.05. The van der Waals surface area contributed by atoms with Crippen LogP contribution >= 0.6 is 11.3 Å². The summed E-state index contributed by atoms with van der Waals surface area (Å²) in [6.07, 6.45) is 0. The Morgan fingerprint density at radius 3 is 2.57 bits per heavy atom. The van der Waals surface area contributed by atoms with E-state index in [1.165, 1.54) is 11.3 Å². The number of ketones is 1. The molecule has 0 aliphatic carbocycles. The molecule has 0 fully saturated rings. The van der Waals surface area contributed by atoms with E-state index in [9.17, 15) is 9.59 Å². The van der Waals surface area contributed by atoms with Crippen LogP contribution in [0.1, 0.15) is 26.4 Å². The molecule has 7 heteroatoms. The number of anilines is 1. The van der Waals surface area contributed by atoms with Gasteiger partial charge < -0.3 is 14.9 Å². The highest BCUT2D eigenvalue weighted by Gasteiger charge is 2.63. The van der Waals surface area contributed by atoms with E-state index in [1.807, 2.05) is 78.2 Å². The van der Waals surface area contributed by atoms with Gasteiger partial charge in [0.05, 0.1) is 4.88 Å². The Bertz CT molecular complexity index is 1450. The summed E-state index contributed by atoms with van der Waals surface area (Å²) in [6.45, 7) is 0.351. The number of oxime groups is 1. The van der Waals surface area contributed by atoms with Crippen LogP contribution < -0.4 is 10.1 Å². The van der Waals surface area contributed by atoms with Crippen LogP contribution in [0, 0.1) is 5.92 Å². The number of Topliss-reactive ketones (excluding diaryl/α,β-unsaturated/α-hetero) is 1. The van der Waals surface area contributed by atoms with Crippen molar-refractivity contribution in [2.75, 3.05) is 5.32 Å². The molecule has 2 atom stereocenters. The first-order valence-corrected chi connectivity index (χ1v) is 12.1. The van der Waals surface area contributed by atoms with Crippen molar-refractivity contribution in [3.05, 3.63) is 118 Å². The van der Waals surface area contributed by atoms with Gasteiger partial charge in [-0.3, -0.25) is 9.59 Å². The van der Waals surface area contributed by atoms with Crippen LogP contribution in [0.2, 0.25) is 0 Å². The third-order valence-electron chi connectivity index (χ3n) is 6.31. The van der Waals surface area contributed by atoms with E-state index in [2.05, 4.69) is 10.5 Å². The molecule has 1 N–H and O–H groups in total. The number of thiophene rings is 1. The molecule has 2 aliphatic heterocycles. The van der Waals surface area contributed by atoms with Gasteiger partial charge in [-0.1, -0.05) is 71.9 Å². The van der Waals surface area contributed by atoms with Crippen molar-refractivity contribution in [2.24, 2.45) is 11.1 Å². The standard InChI is InChI=1S/C28H20N2O4S/c31-26(23-15-8-16-35-23)24-25(30-34-28(24)20-12-5-6-13-21(20)29-27(28)32)19-11-4-7-14-22(19)33-17-18-9-2-1-3-10-18/h1-16,24H,17H2,(H,29,32)/t24-,28-/m0/s1. The number of carbonyl (C=O) groups excluding carboxylic acids is 2. The van der Waals surface area contributed by atoms with Gasteiger partial charge in [0.15, 0.2) is 5.78 Å². The number of para-hydroxylation sites is 2. The number of hydrogen-bond donors (Lipinski definition) is 1. The van der Waals surface area contributed by atoms with Gasteiger partial charge in [0.2, 0.25) is 0 Å². The molecule has 0 saturated heterocycles. The summed E-state index contributed by atoms with van der Waals surface area (Å²) in [5.41, 5.74) is 1.64. The Hall–Kier alpha value is -4.23. The molecule has 2 aliphatic rings. The van der Waals surface area contributed by atoms with E-state index in [1.54, 1.807) is 18.2 Å². The first kappa shape index (κ1) is 21.3. The number of amides is 1. The largest absolute Gasteiger partial charge is 0.488 e. The van der Waals surface area contributed by atoms with Crippen LogP contribution in [0.15, 0.2) is 102 Å². The van der Waals surface area contributed by atoms with Crippen molar-refractivity contribution in [3.8, 4) is 5.75 Å². The van der Waals surface area contributed by atoms with Crippen LogP contribution in [0.4, 0.5) is 5.69 Å². The van der Waals surface area contributed by atoms with Gasteiger partial charge in [-0.25, -0.2) is 0 Å². The highest BCUT2D eigenvalue weighted by Crippen LogP contribution is 2.50. The zero-order chi connectivity index (χ0) is 23.8. The van der Waals surface area contributed by atoms with Gasteiger partial charge in [0, 0.05) is 16.8 Å². The van der Waals surface area contributed by atoms with Crippen molar-refractivity contribution in [1.82, 2.24) is 0 Å². The minimum Gasteiger partial charge on any atom is -0.488 e. The summed E-state index contributed by atoms with van der Waals surface area (Å²) in [6, 6.07) is 28.1. The van der Waals surface area contributed by atoms with Gasteiger partial charge in [0.25, 0.3) is 11.5 Å². The average molecular weight is 481 g/mol. The van der Waals surface area contributed by atoms with Crippen molar-refractivity contribution in [2.45, 2.75) is 12.2 Å². The third-order valence-corrected chi connectivity index (χ3v) is 7.19. The number of carbonyl (C=O) groups is 2. The Kier molecular flexibility index (Phi) is 5.19. The van der Waals surface area contributed by atoms with E-state index in [0.29, 0.717) is 39.8 Å². The molecule has 6 nitrogen and oxygen atoms in total. The molecule has 0 saturated carbocycles. The molecule has 1 spiro atoms. The van der Waals surface area contributed by atoms with Crippen molar-refractivity contribution in [1.29, 1.82) is 0 Å². The van der Waals surface area contributed by atoms with Crippen LogP contribution in [-0.2, 0) is 21.8 Å². The lowest BCUT2D eigenvalue weighted by Crippen LogP contribution is -2.46. The number of nitrogens with zero attached hydrogens (tertiary/aromatic N) is 1. The second kappa shape index (κ2) is 8.52. The quantitative estimate of drug-likeness (QED) is 0.375. The van der Waals surface area contributed by atoms with E-state index in [-0.39, 0.29) is 5.78 Å². The van der Waals surface area contributed by atoms with Crippen LogP contribution in [0.25, 0.3) is 0 Å². The van der Waals surface area contributed by atoms with Gasteiger partial charge >= 0.3 is 0 Å². The summed E-state index contributed by atoms with van der Waals surface area (Å²) in [4.78, 5) is 33.8. The van der Waals surface area contributed by atoms with Crippen molar-refractivity contribution < 1.29 is 19.2 Å². The average Bonchev–Trinajstić information content (AvgIpc) is 3.63. The second-order valence-corrected chi connectivity index (χ2v) is 9.30. The molecular formula is C28H20N2O4S. The Balaban J connectivity index is 1.45. The zero-order valence-electron chi connectivity index (χ0n) is 18.5. The van der Waals surface area contributed by atoms with E-state index >= 15 is 0 Å². The molecule has 35 heavy (non-hydrogen) atoms. The van der Waals surface area contributed by atoms with Crippen LogP contribution in [0.3, 0.4) is 0 Å². The molecule has 3 aromatic carbocycles. The summed E-state index contributed by atoms with van der Waals surface area (Å²) in [7, 11) is 0. The fraction of sp³-hybridized carbons (Fsp3) is 0.107. The maximum atomic E-state index is 13.9. The van der Waals surface area contributed by atoms with Crippen LogP contribution in [0.5, 0.6) is 5.75 Å². The van der Waals surface area contributed by atoms with Crippen molar-refractivity contribution >= 4 is 34.4 Å². The fourth-order valence-corrected chi connectivity index (χ4v) is 5.36. The first-order chi connectivity index (χ1) is 17.2. The fourth-order valence-electron chi connectivity index (χ4n) is 4.66. The molecular weight excluding hydrogens is 460 g/mol. The monoisotopic (exact) mass is 480 g/mol. The number of benzene rings is 3. The molecule has 1 aromatic heterocycles. The second-order valence-electron chi connectivity index (χ2n) is 8.35. The predicted molar refractivity (Wildman–Crippen MR) is 134 cm³/mol. The lowest BCUT2D eigenvalue weighted by atomic mass is 9.75. The van der Waals surface area contributed by atoms with Gasteiger partial charge in [-0.15, -0.1) is 11.3 Å². The third kappa shape index (κ3) is 3.43. The Labute approximate surface area is 205 Å².